The van der Waals surface area contributed by atoms with Crippen molar-refractivity contribution < 1.29 is 5.11 Å². The van der Waals surface area contributed by atoms with Gasteiger partial charge in [-0.15, -0.1) is 11.3 Å². The second-order valence-corrected chi connectivity index (χ2v) is 5.70. The van der Waals surface area contributed by atoms with Crippen molar-refractivity contribution in [3.63, 3.8) is 0 Å². The van der Waals surface area contributed by atoms with Crippen LogP contribution in [-0.2, 0) is 12.0 Å². The monoisotopic (exact) mass is 277 g/mol. The van der Waals surface area contributed by atoms with Gasteiger partial charge in [-0.05, 0) is 31.7 Å². The zero-order chi connectivity index (χ0) is 13.9. The highest BCUT2D eigenvalue weighted by Crippen LogP contribution is 2.25. The van der Waals surface area contributed by atoms with Crippen LogP contribution in [0.5, 0.6) is 0 Å². The Morgan fingerprint density at radius 2 is 2.21 bits per heavy atom. The summed E-state index contributed by atoms with van der Waals surface area (Å²) in [6, 6.07) is 5.81. The summed E-state index contributed by atoms with van der Waals surface area (Å²) in [5.74, 6) is 1.51. The topological polar surface area (TPSA) is 58.0 Å². The molecule has 0 bridgehead atoms. The average molecular weight is 277 g/mol. The van der Waals surface area contributed by atoms with Crippen LogP contribution in [0.2, 0.25) is 0 Å². The maximum Gasteiger partial charge on any atom is 0.130 e. The van der Waals surface area contributed by atoms with Crippen molar-refractivity contribution in [2.45, 2.75) is 32.8 Å². The summed E-state index contributed by atoms with van der Waals surface area (Å²) in [5, 5.41) is 15.6. The fourth-order valence-corrected chi connectivity index (χ4v) is 2.62. The highest BCUT2D eigenvalue weighted by Gasteiger charge is 2.24. The van der Waals surface area contributed by atoms with Gasteiger partial charge in [-0.1, -0.05) is 13.0 Å². The van der Waals surface area contributed by atoms with Crippen LogP contribution in [0.1, 0.15) is 30.2 Å². The lowest BCUT2D eigenvalue weighted by atomic mass is 10.1. The summed E-state index contributed by atoms with van der Waals surface area (Å²) in [6.45, 7) is 6.17. The first-order valence-corrected chi connectivity index (χ1v) is 7.24. The van der Waals surface area contributed by atoms with Gasteiger partial charge in [-0.25, -0.2) is 9.97 Å². The molecule has 0 aliphatic carbocycles. The number of rotatable bonds is 5. The van der Waals surface area contributed by atoms with Gasteiger partial charge < -0.3 is 10.4 Å². The second kappa shape index (κ2) is 5.67. The Kier molecular flexibility index (Phi) is 4.17. The average Bonchev–Trinajstić information content (AvgIpc) is 2.90. The molecule has 0 fully saturated rings. The van der Waals surface area contributed by atoms with Gasteiger partial charge in [-0.2, -0.15) is 0 Å². The van der Waals surface area contributed by atoms with Crippen LogP contribution < -0.4 is 5.32 Å². The maximum atomic E-state index is 10.4. The molecule has 0 aliphatic heterocycles. The van der Waals surface area contributed by atoms with E-state index >= 15 is 0 Å². The molecule has 2 aromatic heterocycles. The van der Waals surface area contributed by atoms with E-state index in [0.717, 1.165) is 28.6 Å². The van der Waals surface area contributed by atoms with Gasteiger partial charge in [0.1, 0.15) is 17.2 Å². The summed E-state index contributed by atoms with van der Waals surface area (Å²) in [4.78, 5) is 9.62. The Labute approximate surface area is 117 Å². The third kappa shape index (κ3) is 3.52. The summed E-state index contributed by atoms with van der Waals surface area (Å²) >= 11 is 1.55. The molecule has 102 valence electrons. The number of anilines is 1. The van der Waals surface area contributed by atoms with E-state index in [9.17, 15) is 5.11 Å². The van der Waals surface area contributed by atoms with E-state index in [0.29, 0.717) is 6.54 Å². The van der Waals surface area contributed by atoms with Crippen LogP contribution in [0, 0.1) is 6.92 Å². The number of aliphatic hydroxyl groups is 1. The molecule has 2 rings (SSSR count). The van der Waals surface area contributed by atoms with E-state index in [4.69, 9.17) is 0 Å². The molecule has 0 saturated carbocycles. The van der Waals surface area contributed by atoms with Crippen molar-refractivity contribution in [2.24, 2.45) is 0 Å². The zero-order valence-corrected chi connectivity index (χ0v) is 12.3. The molecule has 2 aromatic rings. The molecule has 0 radical (unpaired) electrons. The molecule has 2 N–H and O–H groups in total. The van der Waals surface area contributed by atoms with E-state index in [1.54, 1.807) is 18.3 Å². The maximum absolute atomic E-state index is 10.4. The van der Waals surface area contributed by atoms with Crippen molar-refractivity contribution in [3.8, 4) is 0 Å². The molecule has 0 amide bonds. The number of thiophene rings is 1. The summed E-state index contributed by atoms with van der Waals surface area (Å²) < 4.78 is 0. The molecule has 0 aromatic carbocycles. The Morgan fingerprint density at radius 1 is 1.42 bits per heavy atom. The number of hydrogen-bond donors (Lipinski definition) is 2. The molecule has 5 heteroatoms. The first kappa shape index (κ1) is 14.0. The van der Waals surface area contributed by atoms with Gasteiger partial charge >= 0.3 is 0 Å². The van der Waals surface area contributed by atoms with Crippen molar-refractivity contribution in [1.82, 2.24) is 9.97 Å². The van der Waals surface area contributed by atoms with Gasteiger partial charge in [0.05, 0.1) is 0 Å². The number of hydrogen-bond acceptors (Lipinski definition) is 5. The van der Waals surface area contributed by atoms with Gasteiger partial charge in [0.2, 0.25) is 0 Å². The molecule has 4 nitrogen and oxygen atoms in total. The van der Waals surface area contributed by atoms with Crippen molar-refractivity contribution in [3.05, 3.63) is 40.0 Å². The number of aromatic nitrogens is 2. The van der Waals surface area contributed by atoms with E-state index in [-0.39, 0.29) is 0 Å². The van der Waals surface area contributed by atoms with Crippen LogP contribution >= 0.6 is 11.3 Å². The Balaban J connectivity index is 2.08. The van der Waals surface area contributed by atoms with Crippen molar-refractivity contribution in [1.29, 1.82) is 0 Å². The third-order valence-corrected chi connectivity index (χ3v) is 4.04. The Bertz CT molecular complexity index is 538. The lowest BCUT2D eigenvalue weighted by molar-refractivity contribution is 0.0753. The first-order valence-electron chi connectivity index (χ1n) is 6.36. The number of nitrogens with one attached hydrogen (secondary N) is 1. The minimum absolute atomic E-state index is 0.424. The number of aryl methyl sites for hydroxylation is 2. The highest BCUT2D eigenvalue weighted by molar-refractivity contribution is 7.10. The SMILES string of the molecule is CCc1cc(NCC(C)(O)c2cccs2)nc(C)n1. The largest absolute Gasteiger partial charge is 0.383 e. The van der Waals surface area contributed by atoms with E-state index < -0.39 is 5.60 Å². The lowest BCUT2D eigenvalue weighted by Gasteiger charge is -2.22. The van der Waals surface area contributed by atoms with E-state index in [1.807, 2.05) is 30.5 Å². The van der Waals surface area contributed by atoms with Crippen LogP contribution in [0.15, 0.2) is 23.6 Å². The quantitative estimate of drug-likeness (QED) is 0.882. The minimum atomic E-state index is -0.889. The lowest BCUT2D eigenvalue weighted by Crippen LogP contribution is -2.30. The summed E-state index contributed by atoms with van der Waals surface area (Å²) in [5.41, 5.74) is 0.116. The molecule has 19 heavy (non-hydrogen) atoms. The van der Waals surface area contributed by atoms with Crippen molar-refractivity contribution >= 4 is 17.2 Å². The molecule has 1 unspecified atom stereocenters. The predicted octanol–water partition coefficient (Wildman–Crippen LogP) is 2.73. The molecular weight excluding hydrogens is 258 g/mol. The van der Waals surface area contributed by atoms with Crippen LogP contribution in [-0.4, -0.2) is 21.6 Å². The van der Waals surface area contributed by atoms with E-state index in [1.165, 1.54) is 0 Å². The minimum Gasteiger partial charge on any atom is -0.383 e. The van der Waals surface area contributed by atoms with Crippen LogP contribution in [0.25, 0.3) is 0 Å². The van der Waals surface area contributed by atoms with E-state index in [2.05, 4.69) is 22.2 Å². The standard InChI is InChI=1S/C14H19N3OS/c1-4-11-8-13(17-10(2)16-11)15-9-14(3,18)12-6-5-7-19-12/h5-8,18H,4,9H2,1-3H3,(H,15,16,17). The molecule has 0 saturated heterocycles. The first-order chi connectivity index (χ1) is 9.01. The number of nitrogens with zero attached hydrogens (tertiary/aromatic N) is 2. The predicted molar refractivity (Wildman–Crippen MR) is 78.5 cm³/mol. The van der Waals surface area contributed by atoms with Gasteiger partial charge in [0.15, 0.2) is 0 Å². The summed E-state index contributed by atoms with van der Waals surface area (Å²) in [7, 11) is 0. The smallest absolute Gasteiger partial charge is 0.130 e. The second-order valence-electron chi connectivity index (χ2n) is 4.75. The molecule has 2 heterocycles. The zero-order valence-electron chi connectivity index (χ0n) is 11.5. The van der Waals surface area contributed by atoms with Gasteiger partial charge in [0.25, 0.3) is 0 Å². The molecule has 1 atom stereocenters. The molecule has 0 spiro atoms. The summed E-state index contributed by atoms with van der Waals surface area (Å²) in [6.07, 6.45) is 0.874. The van der Waals surface area contributed by atoms with Crippen LogP contribution in [0.4, 0.5) is 5.82 Å². The Hall–Kier alpha value is -1.46. The highest BCUT2D eigenvalue weighted by atomic mass is 32.1. The Morgan fingerprint density at radius 3 is 2.84 bits per heavy atom. The fourth-order valence-electron chi connectivity index (χ4n) is 1.84. The normalized spacial score (nSPS) is 14.1. The fraction of sp³-hybridized carbons (Fsp3) is 0.429. The van der Waals surface area contributed by atoms with Crippen LogP contribution in [0.3, 0.4) is 0 Å². The van der Waals surface area contributed by atoms with Crippen molar-refractivity contribution in [2.75, 3.05) is 11.9 Å². The molecular formula is C14H19N3OS. The molecule has 0 aliphatic rings. The van der Waals surface area contributed by atoms with Gasteiger partial charge in [-0.3, -0.25) is 0 Å². The van der Waals surface area contributed by atoms with Gasteiger partial charge in [0, 0.05) is 23.2 Å². The third-order valence-electron chi connectivity index (χ3n) is 2.92.